The Morgan fingerprint density at radius 3 is 3.25 bits per heavy atom. The van der Waals surface area contributed by atoms with Crippen molar-refractivity contribution in [3.8, 4) is 6.07 Å². The van der Waals surface area contributed by atoms with Gasteiger partial charge >= 0.3 is 0 Å². The van der Waals surface area contributed by atoms with E-state index in [0.717, 1.165) is 5.56 Å². The Kier molecular flexibility index (Phi) is 3.20. The molecule has 0 unspecified atom stereocenters. The van der Waals surface area contributed by atoms with Gasteiger partial charge < -0.3 is 4.84 Å². The fourth-order valence-corrected chi connectivity index (χ4v) is 0.832. The summed E-state index contributed by atoms with van der Waals surface area (Å²) in [5, 5.41) is 8.64. The van der Waals surface area contributed by atoms with E-state index in [1.54, 1.807) is 12.3 Å². The van der Waals surface area contributed by atoms with E-state index in [1.807, 2.05) is 12.1 Å². The molecule has 0 aliphatic carbocycles. The summed E-state index contributed by atoms with van der Waals surface area (Å²) in [6.07, 6.45) is 1.59. The highest BCUT2D eigenvalue weighted by atomic mass is 16.6. The standard InChI is InChI=1S/C8H9N3O/c1-12-11-6-7-3-2-4-10-8(7)5-9/h2-4,11H,6H2,1H3. The summed E-state index contributed by atoms with van der Waals surface area (Å²) in [6.45, 7) is 0.493. The molecule has 0 spiro atoms. The molecule has 12 heavy (non-hydrogen) atoms. The highest BCUT2D eigenvalue weighted by Gasteiger charge is 1.99. The van der Waals surface area contributed by atoms with Gasteiger partial charge in [0.05, 0.1) is 7.11 Å². The van der Waals surface area contributed by atoms with Gasteiger partial charge in [0.2, 0.25) is 0 Å². The van der Waals surface area contributed by atoms with E-state index < -0.39 is 0 Å². The van der Waals surface area contributed by atoms with Gasteiger partial charge in [-0.1, -0.05) is 6.07 Å². The van der Waals surface area contributed by atoms with Crippen LogP contribution in [-0.2, 0) is 11.4 Å². The molecule has 0 aliphatic rings. The minimum atomic E-state index is 0.432. The SMILES string of the molecule is CONCc1cccnc1C#N. The Morgan fingerprint density at radius 1 is 1.75 bits per heavy atom. The molecule has 1 aromatic heterocycles. The minimum Gasteiger partial charge on any atom is -0.305 e. The number of hydroxylamine groups is 1. The Balaban J connectivity index is 2.77. The van der Waals surface area contributed by atoms with Crippen LogP contribution in [0, 0.1) is 11.3 Å². The molecule has 1 heterocycles. The van der Waals surface area contributed by atoms with Crippen molar-refractivity contribution in [1.29, 1.82) is 5.26 Å². The third-order valence-corrected chi connectivity index (χ3v) is 1.40. The molecule has 0 saturated heterocycles. The molecular formula is C8H9N3O. The molecule has 0 amide bonds. The largest absolute Gasteiger partial charge is 0.305 e. The summed E-state index contributed by atoms with van der Waals surface area (Å²) < 4.78 is 0. The van der Waals surface area contributed by atoms with Crippen LogP contribution in [0.4, 0.5) is 0 Å². The Morgan fingerprint density at radius 2 is 2.58 bits per heavy atom. The van der Waals surface area contributed by atoms with E-state index in [0.29, 0.717) is 12.2 Å². The van der Waals surface area contributed by atoms with Gasteiger partial charge in [0, 0.05) is 18.3 Å². The van der Waals surface area contributed by atoms with Crippen LogP contribution in [-0.4, -0.2) is 12.1 Å². The zero-order valence-corrected chi connectivity index (χ0v) is 6.74. The summed E-state index contributed by atoms with van der Waals surface area (Å²) in [5.74, 6) is 0. The molecule has 0 fully saturated rings. The maximum Gasteiger partial charge on any atom is 0.144 e. The van der Waals surface area contributed by atoms with Gasteiger partial charge in [0.15, 0.2) is 0 Å². The van der Waals surface area contributed by atoms with Crippen molar-refractivity contribution in [3.63, 3.8) is 0 Å². The van der Waals surface area contributed by atoms with Crippen molar-refractivity contribution in [3.05, 3.63) is 29.6 Å². The molecule has 0 aromatic carbocycles. The third-order valence-electron chi connectivity index (χ3n) is 1.40. The van der Waals surface area contributed by atoms with Gasteiger partial charge in [-0.3, -0.25) is 0 Å². The molecule has 0 aliphatic heterocycles. The minimum absolute atomic E-state index is 0.432. The Hall–Kier alpha value is -1.44. The molecule has 62 valence electrons. The van der Waals surface area contributed by atoms with Gasteiger partial charge in [-0.05, 0) is 6.07 Å². The highest BCUT2D eigenvalue weighted by molar-refractivity contribution is 5.29. The van der Waals surface area contributed by atoms with E-state index in [4.69, 9.17) is 5.26 Å². The molecule has 0 bridgehead atoms. The summed E-state index contributed by atoms with van der Waals surface area (Å²) in [7, 11) is 1.53. The van der Waals surface area contributed by atoms with Crippen LogP contribution in [0.15, 0.2) is 18.3 Å². The van der Waals surface area contributed by atoms with Crippen molar-refractivity contribution < 1.29 is 4.84 Å². The van der Waals surface area contributed by atoms with E-state index in [2.05, 4.69) is 15.3 Å². The van der Waals surface area contributed by atoms with Crippen molar-refractivity contribution in [2.45, 2.75) is 6.54 Å². The van der Waals surface area contributed by atoms with Crippen molar-refractivity contribution in [2.24, 2.45) is 0 Å². The predicted octanol–water partition coefficient (Wildman–Crippen LogP) is 0.604. The van der Waals surface area contributed by atoms with Crippen LogP contribution in [0.2, 0.25) is 0 Å². The molecule has 4 nitrogen and oxygen atoms in total. The first kappa shape index (κ1) is 8.65. The summed E-state index contributed by atoms with van der Waals surface area (Å²) >= 11 is 0. The number of nitrogens with one attached hydrogen (secondary N) is 1. The average Bonchev–Trinajstić information content (AvgIpc) is 2.15. The lowest BCUT2D eigenvalue weighted by molar-refractivity contribution is 0.0866. The quantitative estimate of drug-likeness (QED) is 0.663. The summed E-state index contributed by atoms with van der Waals surface area (Å²) in [4.78, 5) is 8.55. The molecule has 0 saturated carbocycles. The normalized spacial score (nSPS) is 9.33. The molecule has 1 rings (SSSR count). The van der Waals surface area contributed by atoms with Crippen LogP contribution in [0.3, 0.4) is 0 Å². The number of nitriles is 1. The second-order valence-corrected chi connectivity index (χ2v) is 2.15. The van der Waals surface area contributed by atoms with E-state index in [9.17, 15) is 0 Å². The number of aromatic nitrogens is 1. The monoisotopic (exact) mass is 163 g/mol. The second-order valence-electron chi connectivity index (χ2n) is 2.15. The Labute approximate surface area is 70.8 Å². The van der Waals surface area contributed by atoms with E-state index >= 15 is 0 Å². The lowest BCUT2D eigenvalue weighted by Crippen LogP contribution is -2.12. The highest BCUT2D eigenvalue weighted by Crippen LogP contribution is 2.02. The number of hydrogen-bond donors (Lipinski definition) is 1. The number of nitrogens with zero attached hydrogens (tertiary/aromatic N) is 2. The average molecular weight is 163 g/mol. The summed E-state index contributed by atoms with van der Waals surface area (Å²) in [5.41, 5.74) is 3.92. The number of hydrogen-bond acceptors (Lipinski definition) is 4. The molecule has 1 aromatic rings. The fraction of sp³-hybridized carbons (Fsp3) is 0.250. The molecule has 1 N–H and O–H groups in total. The topological polar surface area (TPSA) is 57.9 Å². The van der Waals surface area contributed by atoms with E-state index in [-0.39, 0.29) is 0 Å². The number of pyridine rings is 1. The first-order chi connectivity index (χ1) is 5.88. The fourth-order valence-electron chi connectivity index (χ4n) is 0.832. The van der Waals surface area contributed by atoms with Gasteiger partial charge in [0.25, 0.3) is 0 Å². The Bertz CT molecular complexity index is 293. The van der Waals surface area contributed by atoms with Gasteiger partial charge in [-0.2, -0.15) is 10.7 Å². The molecule has 0 atom stereocenters. The van der Waals surface area contributed by atoms with Gasteiger partial charge in [0.1, 0.15) is 11.8 Å². The first-order valence-corrected chi connectivity index (χ1v) is 3.48. The lowest BCUT2D eigenvalue weighted by atomic mass is 10.2. The number of rotatable bonds is 3. The van der Waals surface area contributed by atoms with Crippen molar-refractivity contribution >= 4 is 0 Å². The van der Waals surface area contributed by atoms with Gasteiger partial charge in [-0.15, -0.1) is 0 Å². The molecule has 0 radical (unpaired) electrons. The van der Waals surface area contributed by atoms with Crippen LogP contribution in [0.5, 0.6) is 0 Å². The molecule has 4 heteroatoms. The lowest BCUT2D eigenvalue weighted by Gasteiger charge is -2.01. The zero-order valence-electron chi connectivity index (χ0n) is 6.74. The maximum atomic E-state index is 8.64. The predicted molar refractivity (Wildman–Crippen MR) is 42.8 cm³/mol. The molecular weight excluding hydrogens is 154 g/mol. The van der Waals surface area contributed by atoms with Crippen molar-refractivity contribution in [1.82, 2.24) is 10.5 Å². The smallest absolute Gasteiger partial charge is 0.144 e. The first-order valence-electron chi connectivity index (χ1n) is 3.48. The van der Waals surface area contributed by atoms with Crippen LogP contribution < -0.4 is 5.48 Å². The third kappa shape index (κ3) is 2.02. The van der Waals surface area contributed by atoms with E-state index in [1.165, 1.54) is 7.11 Å². The zero-order chi connectivity index (χ0) is 8.81. The second kappa shape index (κ2) is 4.44. The summed E-state index contributed by atoms with van der Waals surface area (Å²) in [6, 6.07) is 5.61. The van der Waals surface area contributed by atoms with Crippen LogP contribution in [0.25, 0.3) is 0 Å². The van der Waals surface area contributed by atoms with Crippen molar-refractivity contribution in [2.75, 3.05) is 7.11 Å². The van der Waals surface area contributed by atoms with Gasteiger partial charge in [-0.25, -0.2) is 4.98 Å². The maximum absolute atomic E-state index is 8.64. The van der Waals surface area contributed by atoms with Crippen LogP contribution >= 0.6 is 0 Å². The van der Waals surface area contributed by atoms with Crippen LogP contribution in [0.1, 0.15) is 11.3 Å².